The maximum atomic E-state index is 5.79. The first-order valence-corrected chi connectivity index (χ1v) is 9.10. The van der Waals surface area contributed by atoms with Gasteiger partial charge in [-0.3, -0.25) is 0 Å². The molecule has 0 aliphatic rings. The third-order valence-electron chi connectivity index (χ3n) is 3.63. The van der Waals surface area contributed by atoms with E-state index in [4.69, 9.17) is 4.74 Å². The number of fused-ring (bicyclic) bond motifs is 1. The molecule has 0 saturated heterocycles. The van der Waals surface area contributed by atoms with Crippen LogP contribution in [0.15, 0.2) is 63.5 Å². The fourth-order valence-corrected chi connectivity index (χ4v) is 4.05. The van der Waals surface area contributed by atoms with Gasteiger partial charge in [-0.15, -0.1) is 0 Å². The standard InChI is InChI=1S/C19H17Br2NO/c1-2-23-19-14(10-15(20)11-17(19)21)12-22-18-9-5-7-13-6-3-4-8-16(13)18/h3-11,22H,2,12H2,1H3. The molecule has 0 radical (unpaired) electrons. The summed E-state index contributed by atoms with van der Waals surface area (Å²) >= 11 is 7.13. The zero-order valence-electron chi connectivity index (χ0n) is 12.8. The van der Waals surface area contributed by atoms with Crippen LogP contribution in [0.3, 0.4) is 0 Å². The summed E-state index contributed by atoms with van der Waals surface area (Å²) in [6, 6.07) is 18.8. The van der Waals surface area contributed by atoms with Gasteiger partial charge in [-0.05, 0) is 46.4 Å². The third kappa shape index (κ3) is 3.70. The zero-order valence-corrected chi connectivity index (χ0v) is 15.9. The molecule has 3 rings (SSSR count). The van der Waals surface area contributed by atoms with Crippen molar-refractivity contribution in [2.75, 3.05) is 11.9 Å². The van der Waals surface area contributed by atoms with Crippen molar-refractivity contribution in [3.63, 3.8) is 0 Å². The third-order valence-corrected chi connectivity index (χ3v) is 4.68. The Labute approximate surface area is 153 Å². The van der Waals surface area contributed by atoms with Crippen LogP contribution < -0.4 is 10.1 Å². The van der Waals surface area contributed by atoms with E-state index in [1.165, 1.54) is 10.8 Å². The highest BCUT2D eigenvalue weighted by Crippen LogP contribution is 2.34. The first kappa shape index (κ1) is 16.3. The van der Waals surface area contributed by atoms with Crippen molar-refractivity contribution in [1.29, 1.82) is 0 Å². The first-order valence-electron chi connectivity index (χ1n) is 7.51. The summed E-state index contributed by atoms with van der Waals surface area (Å²) in [7, 11) is 0. The van der Waals surface area contributed by atoms with Gasteiger partial charge in [0.1, 0.15) is 5.75 Å². The Kier molecular flexibility index (Phi) is 5.23. The van der Waals surface area contributed by atoms with Crippen LogP contribution in [-0.2, 0) is 6.54 Å². The highest BCUT2D eigenvalue weighted by atomic mass is 79.9. The summed E-state index contributed by atoms with van der Waals surface area (Å²) in [4.78, 5) is 0. The van der Waals surface area contributed by atoms with Gasteiger partial charge in [-0.25, -0.2) is 0 Å². The van der Waals surface area contributed by atoms with Crippen molar-refractivity contribution in [3.8, 4) is 5.75 Å². The van der Waals surface area contributed by atoms with Crippen molar-refractivity contribution >= 4 is 48.3 Å². The maximum absolute atomic E-state index is 5.79. The van der Waals surface area contributed by atoms with Crippen LogP contribution in [0.5, 0.6) is 5.75 Å². The molecular weight excluding hydrogens is 418 g/mol. The van der Waals surface area contributed by atoms with Gasteiger partial charge >= 0.3 is 0 Å². The van der Waals surface area contributed by atoms with Gasteiger partial charge in [0.05, 0.1) is 11.1 Å². The predicted molar refractivity (Wildman–Crippen MR) is 104 cm³/mol. The van der Waals surface area contributed by atoms with Crippen LogP contribution in [0.4, 0.5) is 5.69 Å². The number of nitrogens with one attached hydrogen (secondary N) is 1. The van der Waals surface area contributed by atoms with Crippen LogP contribution in [0.1, 0.15) is 12.5 Å². The molecule has 0 saturated carbocycles. The number of anilines is 1. The summed E-state index contributed by atoms with van der Waals surface area (Å²) < 4.78 is 7.78. The van der Waals surface area contributed by atoms with E-state index in [2.05, 4.69) is 85.7 Å². The molecule has 3 aromatic carbocycles. The second-order valence-corrected chi connectivity index (χ2v) is 6.96. The lowest BCUT2D eigenvalue weighted by Crippen LogP contribution is -2.04. The van der Waals surface area contributed by atoms with Crippen molar-refractivity contribution < 1.29 is 4.74 Å². The molecule has 0 aromatic heterocycles. The van der Waals surface area contributed by atoms with Crippen LogP contribution >= 0.6 is 31.9 Å². The summed E-state index contributed by atoms with van der Waals surface area (Å²) in [5.74, 6) is 0.892. The Hall–Kier alpha value is -1.52. The van der Waals surface area contributed by atoms with E-state index < -0.39 is 0 Å². The van der Waals surface area contributed by atoms with Gasteiger partial charge in [0.15, 0.2) is 0 Å². The van der Waals surface area contributed by atoms with Crippen LogP contribution in [-0.4, -0.2) is 6.61 Å². The second-order valence-electron chi connectivity index (χ2n) is 5.19. The number of hydrogen-bond donors (Lipinski definition) is 1. The fourth-order valence-electron chi connectivity index (χ4n) is 2.62. The first-order chi connectivity index (χ1) is 11.2. The lowest BCUT2D eigenvalue weighted by atomic mass is 10.1. The number of halogens is 2. The average molecular weight is 435 g/mol. The number of rotatable bonds is 5. The van der Waals surface area contributed by atoms with Crippen molar-refractivity contribution in [1.82, 2.24) is 0 Å². The molecule has 0 aliphatic carbocycles. The lowest BCUT2D eigenvalue weighted by Gasteiger charge is -2.15. The Morgan fingerprint density at radius 3 is 2.61 bits per heavy atom. The molecule has 118 valence electrons. The normalized spacial score (nSPS) is 10.7. The SMILES string of the molecule is CCOc1c(Br)cc(Br)cc1CNc1cccc2ccccc12. The van der Waals surface area contributed by atoms with E-state index in [0.29, 0.717) is 13.2 Å². The van der Waals surface area contributed by atoms with Gasteiger partial charge in [0.25, 0.3) is 0 Å². The minimum absolute atomic E-state index is 0.640. The topological polar surface area (TPSA) is 21.3 Å². The van der Waals surface area contributed by atoms with Crippen molar-refractivity contribution in [2.24, 2.45) is 0 Å². The molecule has 2 nitrogen and oxygen atoms in total. The molecule has 0 amide bonds. The lowest BCUT2D eigenvalue weighted by molar-refractivity contribution is 0.334. The highest BCUT2D eigenvalue weighted by molar-refractivity contribution is 9.11. The summed E-state index contributed by atoms with van der Waals surface area (Å²) in [5, 5.41) is 5.99. The van der Waals surface area contributed by atoms with Crippen LogP contribution in [0, 0.1) is 0 Å². The molecule has 0 spiro atoms. The summed E-state index contributed by atoms with van der Waals surface area (Å²) in [6.07, 6.45) is 0. The van der Waals surface area contributed by atoms with Crippen LogP contribution in [0.2, 0.25) is 0 Å². The van der Waals surface area contributed by atoms with E-state index in [1.54, 1.807) is 0 Å². The van der Waals surface area contributed by atoms with Crippen LogP contribution in [0.25, 0.3) is 10.8 Å². The molecular formula is C19H17Br2NO. The van der Waals surface area contributed by atoms with E-state index in [1.807, 2.05) is 13.0 Å². The number of hydrogen-bond acceptors (Lipinski definition) is 2. The quantitative estimate of drug-likeness (QED) is 0.503. The largest absolute Gasteiger partial charge is 0.492 e. The number of ether oxygens (including phenoxy) is 1. The molecule has 0 fully saturated rings. The Balaban J connectivity index is 1.91. The smallest absolute Gasteiger partial charge is 0.138 e. The van der Waals surface area contributed by atoms with E-state index in [0.717, 1.165) is 25.9 Å². The monoisotopic (exact) mass is 433 g/mol. The fraction of sp³-hybridized carbons (Fsp3) is 0.158. The van der Waals surface area contributed by atoms with Gasteiger partial charge in [-0.2, -0.15) is 0 Å². The molecule has 0 atom stereocenters. The average Bonchev–Trinajstić information content (AvgIpc) is 2.55. The van der Waals surface area contributed by atoms with Gasteiger partial charge in [0.2, 0.25) is 0 Å². The van der Waals surface area contributed by atoms with Crippen molar-refractivity contribution in [3.05, 3.63) is 69.1 Å². The van der Waals surface area contributed by atoms with Gasteiger partial charge < -0.3 is 10.1 Å². The minimum Gasteiger partial charge on any atom is -0.492 e. The highest BCUT2D eigenvalue weighted by Gasteiger charge is 2.10. The van der Waals surface area contributed by atoms with E-state index in [-0.39, 0.29) is 0 Å². The summed E-state index contributed by atoms with van der Waals surface area (Å²) in [6.45, 7) is 3.33. The Bertz CT molecular complexity index is 827. The molecule has 3 aromatic rings. The van der Waals surface area contributed by atoms with Gasteiger partial charge in [0, 0.05) is 27.7 Å². The van der Waals surface area contributed by atoms with E-state index in [9.17, 15) is 0 Å². The molecule has 0 heterocycles. The second kappa shape index (κ2) is 7.37. The maximum Gasteiger partial charge on any atom is 0.138 e. The summed E-state index contributed by atoms with van der Waals surface area (Å²) in [5.41, 5.74) is 2.24. The predicted octanol–water partition coefficient (Wildman–Crippen LogP) is 6.38. The Morgan fingerprint density at radius 1 is 1.00 bits per heavy atom. The van der Waals surface area contributed by atoms with E-state index >= 15 is 0 Å². The minimum atomic E-state index is 0.640. The molecule has 0 unspecified atom stereocenters. The molecule has 23 heavy (non-hydrogen) atoms. The molecule has 0 bridgehead atoms. The van der Waals surface area contributed by atoms with Crippen molar-refractivity contribution in [2.45, 2.75) is 13.5 Å². The number of benzene rings is 3. The molecule has 1 N–H and O–H groups in total. The molecule has 0 aliphatic heterocycles. The zero-order chi connectivity index (χ0) is 16.2. The van der Waals surface area contributed by atoms with Gasteiger partial charge in [-0.1, -0.05) is 52.3 Å². The Morgan fingerprint density at radius 2 is 1.78 bits per heavy atom. The molecule has 4 heteroatoms.